The van der Waals surface area contributed by atoms with Gasteiger partial charge < -0.3 is 9.84 Å². The molecule has 1 heterocycles. The summed E-state index contributed by atoms with van der Waals surface area (Å²) in [7, 11) is 0. The summed E-state index contributed by atoms with van der Waals surface area (Å²) in [6.07, 6.45) is 0.989. The third kappa shape index (κ3) is 3.09. The monoisotopic (exact) mass is 249 g/mol. The van der Waals surface area contributed by atoms with E-state index in [0.717, 1.165) is 13.0 Å². The number of aromatic hydroxyl groups is 1. The summed E-state index contributed by atoms with van der Waals surface area (Å²) >= 11 is 0. The number of morpholine rings is 1. The van der Waals surface area contributed by atoms with Crippen LogP contribution in [0, 0.1) is 0 Å². The van der Waals surface area contributed by atoms with Crippen LogP contribution < -0.4 is 0 Å². The van der Waals surface area contributed by atoms with Gasteiger partial charge in [0.05, 0.1) is 19.8 Å². The largest absolute Gasteiger partial charge is 0.508 e. The number of carbonyl (C=O) groups excluding carboxylic acids is 1. The smallest absolute Gasteiger partial charge is 0.176 e. The van der Waals surface area contributed by atoms with Crippen LogP contribution in [0.15, 0.2) is 24.3 Å². The number of hydrogen-bond donors (Lipinski definition) is 1. The molecule has 1 aliphatic heterocycles. The van der Waals surface area contributed by atoms with Crippen molar-refractivity contribution in [3.63, 3.8) is 0 Å². The highest BCUT2D eigenvalue weighted by Crippen LogP contribution is 2.14. The fourth-order valence-corrected chi connectivity index (χ4v) is 2.20. The molecule has 1 aromatic carbocycles. The van der Waals surface area contributed by atoms with Gasteiger partial charge in [-0.15, -0.1) is 0 Å². The zero-order valence-electron chi connectivity index (χ0n) is 10.6. The maximum absolute atomic E-state index is 12.1. The number of phenols is 1. The van der Waals surface area contributed by atoms with Crippen molar-refractivity contribution in [3.05, 3.63) is 29.8 Å². The van der Waals surface area contributed by atoms with Crippen molar-refractivity contribution in [3.8, 4) is 5.75 Å². The van der Waals surface area contributed by atoms with Crippen LogP contribution in [0.2, 0.25) is 0 Å². The molecule has 18 heavy (non-hydrogen) atoms. The Morgan fingerprint density at radius 3 is 2.83 bits per heavy atom. The van der Waals surface area contributed by atoms with Crippen LogP contribution in [0.25, 0.3) is 0 Å². The van der Waals surface area contributed by atoms with Crippen LogP contribution in [0.3, 0.4) is 0 Å². The molecule has 4 nitrogen and oxygen atoms in total. The van der Waals surface area contributed by atoms with E-state index in [2.05, 4.69) is 11.8 Å². The molecule has 1 saturated heterocycles. The Kier molecular flexibility index (Phi) is 4.33. The SMILES string of the molecule is CCC1COCCN1CC(=O)c1ccc(O)cc1. The number of benzene rings is 1. The van der Waals surface area contributed by atoms with Crippen LogP contribution in [-0.2, 0) is 4.74 Å². The normalized spacial score (nSPS) is 20.8. The Hall–Kier alpha value is -1.39. The predicted molar refractivity (Wildman–Crippen MR) is 68.9 cm³/mol. The molecule has 0 radical (unpaired) electrons. The Morgan fingerprint density at radius 1 is 1.44 bits per heavy atom. The van der Waals surface area contributed by atoms with Crippen LogP contribution in [0.5, 0.6) is 5.75 Å². The molecule has 0 aliphatic carbocycles. The molecule has 0 spiro atoms. The van der Waals surface area contributed by atoms with Crippen molar-refractivity contribution in [1.82, 2.24) is 4.90 Å². The van der Waals surface area contributed by atoms with Crippen molar-refractivity contribution >= 4 is 5.78 Å². The van der Waals surface area contributed by atoms with E-state index in [0.29, 0.717) is 31.4 Å². The zero-order valence-corrected chi connectivity index (χ0v) is 10.6. The van der Waals surface area contributed by atoms with Crippen LogP contribution in [-0.4, -0.2) is 48.1 Å². The molecular weight excluding hydrogens is 230 g/mol. The second kappa shape index (κ2) is 5.98. The summed E-state index contributed by atoms with van der Waals surface area (Å²) in [5.74, 6) is 0.278. The molecule has 4 heteroatoms. The number of ether oxygens (including phenoxy) is 1. The average molecular weight is 249 g/mol. The Balaban J connectivity index is 1.99. The topological polar surface area (TPSA) is 49.8 Å². The van der Waals surface area contributed by atoms with Gasteiger partial charge in [0.15, 0.2) is 5.78 Å². The Bertz CT molecular complexity index is 402. The maximum atomic E-state index is 12.1. The van der Waals surface area contributed by atoms with Gasteiger partial charge in [0.25, 0.3) is 0 Å². The molecule has 98 valence electrons. The van der Waals surface area contributed by atoms with E-state index in [4.69, 9.17) is 4.74 Å². The van der Waals surface area contributed by atoms with Gasteiger partial charge in [-0.2, -0.15) is 0 Å². The minimum atomic E-state index is 0.0929. The zero-order chi connectivity index (χ0) is 13.0. The van der Waals surface area contributed by atoms with Crippen LogP contribution in [0.4, 0.5) is 0 Å². The number of nitrogens with zero attached hydrogens (tertiary/aromatic N) is 1. The first-order valence-corrected chi connectivity index (χ1v) is 6.34. The summed E-state index contributed by atoms with van der Waals surface area (Å²) in [5.41, 5.74) is 0.647. The molecule has 1 unspecified atom stereocenters. The fraction of sp³-hybridized carbons (Fsp3) is 0.500. The summed E-state index contributed by atoms with van der Waals surface area (Å²) in [4.78, 5) is 14.3. The number of Topliss-reactive ketones (excluding diaryl/α,β-unsaturated/α-hetero) is 1. The third-order valence-corrected chi connectivity index (χ3v) is 3.36. The summed E-state index contributed by atoms with van der Waals surface area (Å²) in [6, 6.07) is 6.76. The first kappa shape index (κ1) is 13.1. The molecule has 0 bridgehead atoms. The quantitative estimate of drug-likeness (QED) is 0.825. The second-order valence-electron chi connectivity index (χ2n) is 4.58. The van der Waals surface area contributed by atoms with Gasteiger partial charge in [-0.25, -0.2) is 0 Å². The van der Waals surface area contributed by atoms with Crippen LogP contribution in [0.1, 0.15) is 23.7 Å². The highest BCUT2D eigenvalue weighted by atomic mass is 16.5. The van der Waals surface area contributed by atoms with Gasteiger partial charge in [0.1, 0.15) is 5.75 Å². The standard InChI is InChI=1S/C14H19NO3/c1-2-12-10-18-8-7-15(12)9-14(17)11-3-5-13(16)6-4-11/h3-6,12,16H,2,7-10H2,1H3. The average Bonchev–Trinajstić information content (AvgIpc) is 2.40. The number of phenolic OH excluding ortho intramolecular Hbond substituents is 1. The number of ketones is 1. The molecule has 0 aromatic heterocycles. The van der Waals surface area contributed by atoms with Crippen molar-refractivity contribution in [2.75, 3.05) is 26.3 Å². The van der Waals surface area contributed by atoms with E-state index < -0.39 is 0 Å². The van der Waals surface area contributed by atoms with E-state index in [-0.39, 0.29) is 11.5 Å². The molecule has 1 fully saturated rings. The lowest BCUT2D eigenvalue weighted by Gasteiger charge is -2.34. The van der Waals surface area contributed by atoms with Gasteiger partial charge in [-0.1, -0.05) is 6.92 Å². The van der Waals surface area contributed by atoms with Gasteiger partial charge in [-0.3, -0.25) is 9.69 Å². The van der Waals surface area contributed by atoms with Crippen LogP contribution >= 0.6 is 0 Å². The summed E-state index contributed by atoms with van der Waals surface area (Å²) in [5, 5.41) is 9.20. The lowest BCUT2D eigenvalue weighted by molar-refractivity contribution is -0.00585. The fourth-order valence-electron chi connectivity index (χ4n) is 2.20. The van der Waals surface area contributed by atoms with Gasteiger partial charge in [-0.05, 0) is 30.7 Å². The Morgan fingerprint density at radius 2 is 2.17 bits per heavy atom. The molecule has 0 amide bonds. The maximum Gasteiger partial charge on any atom is 0.176 e. The molecule has 0 saturated carbocycles. The first-order chi connectivity index (χ1) is 8.70. The lowest BCUT2D eigenvalue weighted by atomic mass is 10.1. The minimum absolute atomic E-state index is 0.0929. The van der Waals surface area contributed by atoms with E-state index >= 15 is 0 Å². The van der Waals surface area contributed by atoms with E-state index in [1.165, 1.54) is 0 Å². The minimum Gasteiger partial charge on any atom is -0.508 e. The summed E-state index contributed by atoms with van der Waals surface area (Å²) in [6.45, 7) is 4.74. The number of rotatable bonds is 4. The van der Waals surface area contributed by atoms with Crippen molar-refractivity contribution < 1.29 is 14.6 Å². The highest BCUT2D eigenvalue weighted by molar-refractivity contribution is 5.97. The van der Waals surface area contributed by atoms with Crippen molar-refractivity contribution in [2.45, 2.75) is 19.4 Å². The molecule has 2 rings (SSSR count). The van der Waals surface area contributed by atoms with E-state index in [1.54, 1.807) is 24.3 Å². The molecule has 1 N–H and O–H groups in total. The lowest BCUT2D eigenvalue weighted by Crippen LogP contribution is -2.47. The van der Waals surface area contributed by atoms with Gasteiger partial charge in [0.2, 0.25) is 0 Å². The molecule has 1 aromatic rings. The molecular formula is C14H19NO3. The Labute approximate surface area is 107 Å². The van der Waals surface area contributed by atoms with Gasteiger partial charge >= 0.3 is 0 Å². The van der Waals surface area contributed by atoms with E-state index in [9.17, 15) is 9.90 Å². The predicted octanol–water partition coefficient (Wildman–Crippen LogP) is 1.69. The second-order valence-corrected chi connectivity index (χ2v) is 4.58. The number of hydrogen-bond acceptors (Lipinski definition) is 4. The summed E-state index contributed by atoms with van der Waals surface area (Å²) < 4.78 is 5.42. The third-order valence-electron chi connectivity index (χ3n) is 3.36. The number of carbonyl (C=O) groups is 1. The van der Waals surface area contributed by atoms with E-state index in [1.807, 2.05) is 0 Å². The first-order valence-electron chi connectivity index (χ1n) is 6.34. The highest BCUT2D eigenvalue weighted by Gasteiger charge is 2.23. The van der Waals surface area contributed by atoms with Crippen molar-refractivity contribution in [2.24, 2.45) is 0 Å². The van der Waals surface area contributed by atoms with Gasteiger partial charge in [0, 0.05) is 18.2 Å². The molecule has 1 atom stereocenters. The van der Waals surface area contributed by atoms with Crippen molar-refractivity contribution in [1.29, 1.82) is 0 Å². The molecule has 1 aliphatic rings.